The molecule has 4 rings (SSSR count). The first kappa shape index (κ1) is 18.3. The number of hydrogen-bond acceptors (Lipinski definition) is 6. The molecule has 0 radical (unpaired) electrons. The van der Waals surface area contributed by atoms with E-state index < -0.39 is 15.8 Å². The molecule has 0 fully saturated rings. The van der Waals surface area contributed by atoms with Crippen LogP contribution in [0.5, 0.6) is 0 Å². The number of anilines is 1. The number of nitrogen functional groups attached to an aromatic ring is 1. The van der Waals surface area contributed by atoms with Crippen LogP contribution in [0.4, 0.5) is 10.2 Å². The van der Waals surface area contributed by atoms with Crippen molar-refractivity contribution in [2.45, 2.75) is 11.8 Å². The highest BCUT2D eigenvalue weighted by Gasteiger charge is 2.24. The Morgan fingerprint density at radius 2 is 1.86 bits per heavy atom. The van der Waals surface area contributed by atoms with Crippen molar-refractivity contribution in [2.24, 2.45) is 0 Å². The molecule has 142 valence electrons. The van der Waals surface area contributed by atoms with Crippen LogP contribution >= 0.6 is 11.6 Å². The third-order valence-electron chi connectivity index (χ3n) is 4.17. The van der Waals surface area contributed by atoms with Gasteiger partial charge in [-0.15, -0.1) is 0 Å². The number of hydrogen-bond donors (Lipinski definition) is 1. The third-order valence-corrected chi connectivity index (χ3v) is 6.04. The molecule has 28 heavy (non-hydrogen) atoms. The Morgan fingerprint density at radius 1 is 1.14 bits per heavy atom. The molecule has 0 saturated carbocycles. The molecular formula is C18H13ClFN5O2S. The third kappa shape index (κ3) is 2.98. The van der Waals surface area contributed by atoms with E-state index in [0.717, 1.165) is 15.7 Å². The van der Waals surface area contributed by atoms with Gasteiger partial charge in [-0.25, -0.2) is 31.7 Å². The molecule has 0 saturated heterocycles. The van der Waals surface area contributed by atoms with Crippen LogP contribution in [0.2, 0.25) is 5.02 Å². The Hall–Kier alpha value is -3.04. The van der Waals surface area contributed by atoms with Crippen molar-refractivity contribution in [1.82, 2.24) is 18.9 Å². The van der Waals surface area contributed by atoms with E-state index in [0.29, 0.717) is 16.0 Å². The van der Waals surface area contributed by atoms with Crippen molar-refractivity contribution in [3.63, 3.8) is 0 Å². The first-order valence-corrected chi connectivity index (χ1v) is 9.86. The van der Waals surface area contributed by atoms with Gasteiger partial charge < -0.3 is 5.73 Å². The SMILES string of the molecule is Cc1ccc(S(=O)(=O)n2cc(-c3ncc(F)c(N)n3)c3cc(Cl)cnc32)cc1. The summed E-state index contributed by atoms with van der Waals surface area (Å²) in [7, 11) is -3.95. The monoisotopic (exact) mass is 417 g/mol. The van der Waals surface area contributed by atoms with Gasteiger partial charge in [0.1, 0.15) is 0 Å². The van der Waals surface area contributed by atoms with Crippen molar-refractivity contribution in [1.29, 1.82) is 0 Å². The van der Waals surface area contributed by atoms with Crippen molar-refractivity contribution in [3.8, 4) is 11.4 Å². The maximum atomic E-state index is 13.5. The van der Waals surface area contributed by atoms with E-state index in [9.17, 15) is 12.8 Å². The van der Waals surface area contributed by atoms with Crippen LogP contribution in [-0.2, 0) is 10.0 Å². The smallest absolute Gasteiger partial charge is 0.269 e. The molecule has 0 amide bonds. The second-order valence-electron chi connectivity index (χ2n) is 6.11. The van der Waals surface area contributed by atoms with Crippen molar-refractivity contribution < 1.29 is 12.8 Å². The zero-order chi connectivity index (χ0) is 20.1. The van der Waals surface area contributed by atoms with Crippen molar-refractivity contribution in [2.75, 3.05) is 5.73 Å². The zero-order valence-corrected chi connectivity index (χ0v) is 16.0. The van der Waals surface area contributed by atoms with Gasteiger partial charge in [0.05, 0.1) is 16.1 Å². The van der Waals surface area contributed by atoms with Crippen molar-refractivity contribution >= 4 is 38.5 Å². The van der Waals surface area contributed by atoms with Gasteiger partial charge in [0.15, 0.2) is 23.1 Å². The van der Waals surface area contributed by atoms with E-state index in [1.165, 1.54) is 24.5 Å². The molecule has 0 atom stereocenters. The van der Waals surface area contributed by atoms with Crippen LogP contribution in [0.1, 0.15) is 5.56 Å². The summed E-state index contributed by atoms with van der Waals surface area (Å²) in [6, 6.07) is 7.97. The molecule has 1 aromatic carbocycles. The van der Waals surface area contributed by atoms with Gasteiger partial charge in [-0.1, -0.05) is 29.3 Å². The molecule has 3 heterocycles. The van der Waals surface area contributed by atoms with E-state index in [2.05, 4.69) is 15.0 Å². The lowest BCUT2D eigenvalue weighted by atomic mass is 10.2. The Kier molecular flexibility index (Phi) is 4.28. The average molecular weight is 418 g/mol. The zero-order valence-electron chi connectivity index (χ0n) is 14.5. The highest BCUT2D eigenvalue weighted by molar-refractivity contribution is 7.90. The summed E-state index contributed by atoms with van der Waals surface area (Å²) in [6.07, 6.45) is 3.60. The number of pyridine rings is 1. The average Bonchev–Trinajstić information content (AvgIpc) is 3.04. The van der Waals surface area contributed by atoms with Gasteiger partial charge in [0, 0.05) is 23.3 Å². The van der Waals surface area contributed by atoms with Crippen molar-refractivity contribution in [3.05, 3.63) is 65.3 Å². The number of benzene rings is 1. The highest BCUT2D eigenvalue weighted by atomic mass is 35.5. The minimum Gasteiger partial charge on any atom is -0.381 e. The first-order chi connectivity index (χ1) is 13.3. The summed E-state index contributed by atoms with van der Waals surface area (Å²) < 4.78 is 40.8. The van der Waals surface area contributed by atoms with E-state index in [1.807, 2.05) is 6.92 Å². The summed E-state index contributed by atoms with van der Waals surface area (Å²) in [5.74, 6) is -1.05. The van der Waals surface area contributed by atoms with Crippen LogP contribution in [-0.4, -0.2) is 27.3 Å². The van der Waals surface area contributed by atoms with Crippen LogP contribution in [0.25, 0.3) is 22.4 Å². The van der Waals surface area contributed by atoms with Crippen LogP contribution in [0.3, 0.4) is 0 Å². The Labute approximate surface area is 164 Å². The second kappa shape index (κ2) is 6.54. The van der Waals surface area contributed by atoms with Gasteiger partial charge in [-0.3, -0.25) is 0 Å². The first-order valence-electron chi connectivity index (χ1n) is 8.04. The fraction of sp³-hybridized carbons (Fsp3) is 0.0556. The number of aryl methyl sites for hydroxylation is 1. The van der Waals surface area contributed by atoms with E-state index in [1.54, 1.807) is 18.2 Å². The number of aromatic nitrogens is 4. The van der Waals surface area contributed by atoms with E-state index >= 15 is 0 Å². The summed E-state index contributed by atoms with van der Waals surface area (Å²) in [4.78, 5) is 12.1. The van der Waals surface area contributed by atoms with Gasteiger partial charge in [0.2, 0.25) is 0 Å². The lowest BCUT2D eigenvalue weighted by Crippen LogP contribution is -2.12. The fourth-order valence-electron chi connectivity index (χ4n) is 2.75. The molecule has 0 aliphatic carbocycles. The molecule has 0 aliphatic rings. The lowest BCUT2D eigenvalue weighted by Gasteiger charge is -2.07. The summed E-state index contributed by atoms with van der Waals surface area (Å²) in [6.45, 7) is 1.86. The molecule has 3 aromatic heterocycles. The quantitative estimate of drug-likeness (QED) is 0.547. The maximum absolute atomic E-state index is 13.5. The Balaban J connectivity index is 2.00. The molecule has 2 N–H and O–H groups in total. The number of nitrogens with zero attached hydrogens (tertiary/aromatic N) is 4. The Bertz CT molecular complexity index is 1320. The van der Waals surface area contributed by atoms with Gasteiger partial charge >= 0.3 is 0 Å². The maximum Gasteiger partial charge on any atom is 0.269 e. The number of halogens is 2. The Morgan fingerprint density at radius 3 is 2.54 bits per heavy atom. The molecule has 0 spiro atoms. The summed E-state index contributed by atoms with van der Waals surface area (Å²) >= 11 is 6.05. The molecule has 0 bridgehead atoms. The minimum atomic E-state index is -3.95. The molecular weight excluding hydrogens is 405 g/mol. The molecule has 0 aliphatic heterocycles. The van der Waals surface area contributed by atoms with E-state index in [-0.39, 0.29) is 22.2 Å². The van der Waals surface area contributed by atoms with Crippen LogP contribution in [0, 0.1) is 12.7 Å². The molecule has 0 unspecified atom stereocenters. The normalized spacial score (nSPS) is 11.8. The lowest BCUT2D eigenvalue weighted by molar-refractivity contribution is 0.588. The highest BCUT2D eigenvalue weighted by Crippen LogP contribution is 2.32. The fourth-order valence-corrected chi connectivity index (χ4v) is 4.23. The largest absolute Gasteiger partial charge is 0.381 e. The van der Waals surface area contributed by atoms with E-state index in [4.69, 9.17) is 17.3 Å². The molecule has 7 nitrogen and oxygen atoms in total. The second-order valence-corrected chi connectivity index (χ2v) is 8.36. The number of nitrogens with two attached hydrogens (primary N) is 1. The standard InChI is InChI=1S/C18H13ClFN5O2S/c1-10-2-4-12(5-3-10)28(26,27)25-9-14(13-6-11(19)7-23-18(13)25)17-22-8-15(20)16(21)24-17/h2-9H,1H3,(H2,21,22,24). The van der Waals surface area contributed by atoms with Gasteiger partial charge in [-0.2, -0.15) is 0 Å². The predicted octanol–water partition coefficient (Wildman–Crippen LogP) is 3.41. The predicted molar refractivity (Wildman–Crippen MR) is 104 cm³/mol. The molecule has 4 aromatic rings. The molecule has 10 heteroatoms. The number of rotatable bonds is 3. The number of fused-ring (bicyclic) bond motifs is 1. The van der Waals surface area contributed by atoms with Gasteiger partial charge in [-0.05, 0) is 25.1 Å². The van der Waals surface area contributed by atoms with Gasteiger partial charge in [0.25, 0.3) is 10.0 Å². The van der Waals surface area contributed by atoms with Crippen LogP contribution in [0.15, 0.2) is 53.8 Å². The summed E-state index contributed by atoms with van der Waals surface area (Å²) in [5.41, 5.74) is 6.92. The van der Waals surface area contributed by atoms with Crippen LogP contribution < -0.4 is 5.73 Å². The topological polar surface area (TPSA) is 104 Å². The summed E-state index contributed by atoms with van der Waals surface area (Å²) in [5, 5.41) is 0.698. The minimum absolute atomic E-state index is 0.0609.